The third-order valence-electron chi connectivity index (χ3n) is 2.60. The summed E-state index contributed by atoms with van der Waals surface area (Å²) in [7, 11) is 0. The van der Waals surface area contributed by atoms with Gasteiger partial charge >= 0.3 is 0 Å². The number of hydrogen-bond donors (Lipinski definition) is 2. The fourth-order valence-electron chi connectivity index (χ4n) is 1.60. The Labute approximate surface area is 109 Å². The van der Waals surface area contributed by atoms with Gasteiger partial charge in [-0.25, -0.2) is 0 Å². The molecule has 2 rings (SSSR count). The Morgan fingerprint density at radius 1 is 0.778 bits per heavy atom. The molecule has 18 heavy (non-hydrogen) atoms. The molecule has 1 atom stereocenters. The van der Waals surface area contributed by atoms with Crippen molar-refractivity contribution in [2.45, 2.75) is 26.9 Å². The summed E-state index contributed by atoms with van der Waals surface area (Å²) in [4.78, 5) is 0. The summed E-state index contributed by atoms with van der Waals surface area (Å²) in [5.41, 5.74) is 2.81. The number of aliphatic hydroxyl groups excluding tert-OH is 1. The van der Waals surface area contributed by atoms with E-state index in [1.165, 1.54) is 5.56 Å². The second-order valence-electron chi connectivity index (χ2n) is 3.90. The van der Waals surface area contributed by atoms with Gasteiger partial charge in [-0.05, 0) is 30.2 Å². The van der Waals surface area contributed by atoms with Crippen molar-refractivity contribution in [1.82, 2.24) is 0 Å². The summed E-state index contributed by atoms with van der Waals surface area (Å²) < 4.78 is 0. The molecule has 0 bridgehead atoms. The number of phenolic OH excluding ortho intramolecular Hbond substituents is 1. The van der Waals surface area contributed by atoms with Crippen LogP contribution in [0.4, 0.5) is 0 Å². The van der Waals surface area contributed by atoms with E-state index in [9.17, 15) is 5.11 Å². The molecule has 2 heteroatoms. The van der Waals surface area contributed by atoms with Crippen LogP contribution in [-0.4, -0.2) is 10.2 Å². The molecule has 0 aromatic heterocycles. The normalized spacial score (nSPS) is 11.3. The summed E-state index contributed by atoms with van der Waals surface area (Å²) in [5.74, 6) is 0.208. The van der Waals surface area contributed by atoms with Crippen molar-refractivity contribution >= 4 is 0 Å². The standard InChI is InChI=1S/C14H14O2.C2H6/c1-10-2-4-11(5-3-10)14(16)12-6-8-13(15)9-7-12;1-2/h2-9,14-16H,1H3;1-2H3. The maximum Gasteiger partial charge on any atom is 0.115 e. The average molecular weight is 244 g/mol. The van der Waals surface area contributed by atoms with E-state index in [2.05, 4.69) is 0 Å². The monoisotopic (exact) mass is 244 g/mol. The molecule has 2 aromatic carbocycles. The fraction of sp³-hybridized carbons (Fsp3) is 0.250. The molecule has 0 aliphatic heterocycles. The van der Waals surface area contributed by atoms with E-state index in [0.29, 0.717) is 0 Å². The first kappa shape index (κ1) is 14.3. The Hall–Kier alpha value is -1.80. The summed E-state index contributed by atoms with van der Waals surface area (Å²) in [6.07, 6.45) is -0.638. The van der Waals surface area contributed by atoms with Gasteiger partial charge in [-0.2, -0.15) is 0 Å². The Morgan fingerprint density at radius 2 is 1.17 bits per heavy atom. The summed E-state index contributed by atoms with van der Waals surface area (Å²) in [5, 5.41) is 19.3. The van der Waals surface area contributed by atoms with Crippen LogP contribution >= 0.6 is 0 Å². The molecule has 0 fully saturated rings. The number of phenols is 1. The zero-order valence-corrected chi connectivity index (χ0v) is 11.1. The minimum atomic E-state index is -0.638. The van der Waals surface area contributed by atoms with Crippen LogP contribution in [0.2, 0.25) is 0 Å². The van der Waals surface area contributed by atoms with Gasteiger partial charge < -0.3 is 10.2 Å². The second-order valence-corrected chi connectivity index (χ2v) is 3.90. The van der Waals surface area contributed by atoms with Crippen LogP contribution in [0.1, 0.15) is 36.6 Å². The molecule has 1 unspecified atom stereocenters. The van der Waals surface area contributed by atoms with Gasteiger partial charge in [0.2, 0.25) is 0 Å². The van der Waals surface area contributed by atoms with Gasteiger partial charge in [-0.1, -0.05) is 55.8 Å². The maximum absolute atomic E-state index is 10.1. The zero-order chi connectivity index (χ0) is 13.5. The molecule has 2 N–H and O–H groups in total. The van der Waals surface area contributed by atoms with E-state index >= 15 is 0 Å². The number of aliphatic hydroxyl groups is 1. The van der Waals surface area contributed by atoms with E-state index in [-0.39, 0.29) is 5.75 Å². The highest BCUT2D eigenvalue weighted by Gasteiger charge is 2.09. The predicted octanol–water partition coefficient (Wildman–Crippen LogP) is 3.81. The van der Waals surface area contributed by atoms with E-state index in [1.54, 1.807) is 24.3 Å². The molecular weight excluding hydrogens is 224 g/mol. The molecule has 0 amide bonds. The lowest BCUT2D eigenvalue weighted by Gasteiger charge is -2.11. The van der Waals surface area contributed by atoms with E-state index in [4.69, 9.17) is 5.11 Å². The number of rotatable bonds is 2. The van der Waals surface area contributed by atoms with Crippen molar-refractivity contribution in [3.05, 3.63) is 65.2 Å². The molecular formula is C16H20O2. The quantitative estimate of drug-likeness (QED) is 0.843. The van der Waals surface area contributed by atoms with Crippen LogP contribution in [0.25, 0.3) is 0 Å². The predicted molar refractivity (Wildman–Crippen MR) is 74.7 cm³/mol. The molecule has 0 aliphatic carbocycles. The molecule has 96 valence electrons. The number of aromatic hydroxyl groups is 1. The average Bonchev–Trinajstić information content (AvgIpc) is 2.42. The SMILES string of the molecule is CC.Cc1ccc(C(O)c2ccc(O)cc2)cc1. The second kappa shape index (κ2) is 6.82. The van der Waals surface area contributed by atoms with Gasteiger partial charge in [0.1, 0.15) is 11.9 Å². The molecule has 0 radical (unpaired) electrons. The highest BCUT2D eigenvalue weighted by Crippen LogP contribution is 2.23. The summed E-state index contributed by atoms with van der Waals surface area (Å²) >= 11 is 0. The van der Waals surface area contributed by atoms with Gasteiger partial charge in [0.15, 0.2) is 0 Å². The molecule has 0 heterocycles. The van der Waals surface area contributed by atoms with Crippen molar-refractivity contribution in [1.29, 1.82) is 0 Å². The number of aryl methyl sites for hydroxylation is 1. The Bertz CT molecular complexity index is 412. The lowest BCUT2D eigenvalue weighted by molar-refractivity contribution is 0.220. The maximum atomic E-state index is 10.1. The molecule has 0 saturated carbocycles. The Kier molecular flexibility index (Phi) is 5.40. The lowest BCUT2D eigenvalue weighted by Crippen LogP contribution is -1.98. The number of hydrogen-bond acceptors (Lipinski definition) is 2. The molecule has 0 saturated heterocycles. The topological polar surface area (TPSA) is 40.5 Å². The van der Waals surface area contributed by atoms with Crippen LogP contribution < -0.4 is 0 Å². The van der Waals surface area contributed by atoms with Crippen LogP contribution in [0.3, 0.4) is 0 Å². The van der Waals surface area contributed by atoms with Gasteiger partial charge in [0, 0.05) is 0 Å². The molecule has 2 nitrogen and oxygen atoms in total. The first-order chi connectivity index (χ1) is 8.66. The smallest absolute Gasteiger partial charge is 0.115 e. The zero-order valence-electron chi connectivity index (χ0n) is 11.1. The van der Waals surface area contributed by atoms with Gasteiger partial charge in [-0.15, -0.1) is 0 Å². The summed E-state index contributed by atoms with van der Waals surface area (Å²) in [6, 6.07) is 14.4. The largest absolute Gasteiger partial charge is 0.508 e. The molecule has 0 aliphatic rings. The van der Waals surface area contributed by atoms with Crippen LogP contribution in [-0.2, 0) is 0 Å². The van der Waals surface area contributed by atoms with Crippen molar-refractivity contribution < 1.29 is 10.2 Å². The minimum absolute atomic E-state index is 0.208. The van der Waals surface area contributed by atoms with E-state index in [0.717, 1.165) is 11.1 Å². The van der Waals surface area contributed by atoms with Crippen molar-refractivity contribution in [2.75, 3.05) is 0 Å². The van der Waals surface area contributed by atoms with Crippen molar-refractivity contribution in [3.63, 3.8) is 0 Å². The highest BCUT2D eigenvalue weighted by molar-refractivity contribution is 5.34. The van der Waals surface area contributed by atoms with Crippen LogP contribution in [0.5, 0.6) is 5.75 Å². The van der Waals surface area contributed by atoms with Crippen molar-refractivity contribution in [3.8, 4) is 5.75 Å². The Morgan fingerprint density at radius 3 is 1.61 bits per heavy atom. The third-order valence-corrected chi connectivity index (χ3v) is 2.60. The van der Waals surface area contributed by atoms with Gasteiger partial charge in [0.05, 0.1) is 0 Å². The van der Waals surface area contributed by atoms with E-state index in [1.807, 2.05) is 45.0 Å². The van der Waals surface area contributed by atoms with Gasteiger partial charge in [-0.3, -0.25) is 0 Å². The fourth-order valence-corrected chi connectivity index (χ4v) is 1.60. The molecule has 2 aromatic rings. The first-order valence-corrected chi connectivity index (χ1v) is 6.20. The third kappa shape index (κ3) is 3.60. The molecule has 0 spiro atoms. The summed E-state index contributed by atoms with van der Waals surface area (Å²) in [6.45, 7) is 6.01. The van der Waals surface area contributed by atoms with Crippen LogP contribution in [0.15, 0.2) is 48.5 Å². The highest BCUT2D eigenvalue weighted by atomic mass is 16.3. The van der Waals surface area contributed by atoms with Crippen molar-refractivity contribution in [2.24, 2.45) is 0 Å². The minimum Gasteiger partial charge on any atom is -0.508 e. The number of benzene rings is 2. The van der Waals surface area contributed by atoms with E-state index < -0.39 is 6.10 Å². The first-order valence-electron chi connectivity index (χ1n) is 6.20. The van der Waals surface area contributed by atoms with Crippen LogP contribution in [0, 0.1) is 6.92 Å². The Balaban J connectivity index is 0.000000771. The lowest BCUT2D eigenvalue weighted by atomic mass is 10.0. The van der Waals surface area contributed by atoms with Gasteiger partial charge in [0.25, 0.3) is 0 Å².